The summed E-state index contributed by atoms with van der Waals surface area (Å²) in [5.41, 5.74) is 0.833. The van der Waals surface area contributed by atoms with E-state index in [2.05, 4.69) is 5.10 Å². The minimum Gasteiger partial charge on any atom is -0.497 e. The highest BCUT2D eigenvalue weighted by Crippen LogP contribution is 2.34. The predicted octanol–water partition coefficient (Wildman–Crippen LogP) is 5.09. The molecule has 42 heavy (non-hydrogen) atoms. The normalized spacial score (nSPS) is 14.8. The van der Waals surface area contributed by atoms with Gasteiger partial charge in [0.15, 0.2) is 0 Å². The van der Waals surface area contributed by atoms with Crippen LogP contribution < -0.4 is 4.74 Å². The molecule has 1 aliphatic rings. The topological polar surface area (TPSA) is 115 Å². The van der Waals surface area contributed by atoms with E-state index < -0.39 is 41.1 Å². The van der Waals surface area contributed by atoms with Crippen LogP contribution in [0.4, 0.5) is 18.9 Å². The number of nitrogens with zero attached hydrogens (tertiary/aromatic N) is 4. The van der Waals surface area contributed by atoms with Crippen LogP contribution in [0.3, 0.4) is 0 Å². The predicted molar refractivity (Wildman–Crippen MR) is 146 cm³/mol. The molecule has 13 heteroatoms. The van der Waals surface area contributed by atoms with E-state index >= 15 is 0 Å². The maximum Gasteiger partial charge on any atom is 0.416 e. The van der Waals surface area contributed by atoms with E-state index in [1.54, 1.807) is 36.4 Å². The second kappa shape index (κ2) is 12.8. The number of nitro groups is 1. The molecule has 220 valence electrons. The average molecular weight is 585 g/mol. The van der Waals surface area contributed by atoms with Crippen LogP contribution >= 0.6 is 0 Å². The number of benzene rings is 3. The van der Waals surface area contributed by atoms with Gasteiger partial charge in [-0.2, -0.15) is 18.3 Å². The van der Waals surface area contributed by atoms with Gasteiger partial charge in [0.05, 0.1) is 36.0 Å². The van der Waals surface area contributed by atoms with E-state index in [4.69, 9.17) is 9.47 Å². The van der Waals surface area contributed by atoms with Gasteiger partial charge < -0.3 is 14.4 Å². The number of ether oxygens (including phenoxy) is 2. The number of rotatable bonds is 10. The van der Waals surface area contributed by atoms with Crippen molar-refractivity contribution in [1.29, 1.82) is 0 Å². The first-order chi connectivity index (χ1) is 20.0. The number of nitro benzene ring substituents is 1. The van der Waals surface area contributed by atoms with Gasteiger partial charge in [-0.15, -0.1) is 0 Å². The van der Waals surface area contributed by atoms with E-state index in [1.165, 1.54) is 36.3 Å². The summed E-state index contributed by atoms with van der Waals surface area (Å²) >= 11 is 0. The first-order valence-corrected chi connectivity index (χ1v) is 12.8. The van der Waals surface area contributed by atoms with E-state index in [1.807, 2.05) is 0 Å². The number of amides is 2. The smallest absolute Gasteiger partial charge is 0.416 e. The number of hydrogen-bond donors (Lipinski definition) is 0. The van der Waals surface area contributed by atoms with Crippen molar-refractivity contribution in [3.05, 3.63) is 105 Å². The van der Waals surface area contributed by atoms with Gasteiger partial charge >= 0.3 is 6.18 Å². The minimum absolute atomic E-state index is 0.00205. The third-order valence-corrected chi connectivity index (χ3v) is 6.72. The maximum atomic E-state index is 13.7. The number of carbonyl (C=O) groups excluding carboxylic acids is 2. The number of carbonyl (C=O) groups is 2. The molecule has 1 atom stereocenters. The van der Waals surface area contributed by atoms with Crippen molar-refractivity contribution in [2.24, 2.45) is 5.10 Å². The fraction of sp³-hybridized carbons (Fsp3) is 0.276. The Bertz CT molecular complexity index is 1460. The first kappa shape index (κ1) is 30.2. The van der Waals surface area contributed by atoms with Crippen molar-refractivity contribution < 1.29 is 37.2 Å². The highest BCUT2D eigenvalue weighted by atomic mass is 19.4. The SMILES string of the molecule is COCCN(CC(=O)N1N=C(c2ccc([N+](=O)[O-])cc2)C[C@H]1c1ccc(OC)cc1)C(=O)c1ccc(C(F)(F)F)cc1. The zero-order valence-electron chi connectivity index (χ0n) is 22.7. The van der Waals surface area contributed by atoms with Gasteiger partial charge in [0.1, 0.15) is 12.3 Å². The molecule has 0 saturated heterocycles. The molecule has 0 bridgehead atoms. The fourth-order valence-corrected chi connectivity index (χ4v) is 4.45. The van der Waals surface area contributed by atoms with E-state index in [9.17, 15) is 32.9 Å². The molecule has 2 amide bonds. The van der Waals surface area contributed by atoms with Gasteiger partial charge in [0.2, 0.25) is 0 Å². The lowest BCUT2D eigenvalue weighted by atomic mass is 9.98. The Morgan fingerprint density at radius 2 is 1.67 bits per heavy atom. The van der Waals surface area contributed by atoms with Crippen LogP contribution in [0.2, 0.25) is 0 Å². The Morgan fingerprint density at radius 3 is 2.21 bits per heavy atom. The molecule has 3 aromatic rings. The molecule has 0 saturated carbocycles. The molecule has 0 unspecified atom stereocenters. The van der Waals surface area contributed by atoms with Gasteiger partial charge in [-0.05, 0) is 59.7 Å². The second-order valence-corrected chi connectivity index (χ2v) is 9.38. The third kappa shape index (κ3) is 6.92. The first-order valence-electron chi connectivity index (χ1n) is 12.8. The van der Waals surface area contributed by atoms with Crippen LogP contribution in [0.25, 0.3) is 0 Å². The molecule has 0 spiro atoms. The van der Waals surface area contributed by atoms with Crippen molar-refractivity contribution in [2.45, 2.75) is 18.6 Å². The zero-order valence-corrected chi connectivity index (χ0v) is 22.7. The van der Waals surface area contributed by atoms with E-state index in [0.29, 0.717) is 23.4 Å². The molecule has 1 aliphatic heterocycles. The molecule has 0 radical (unpaired) electrons. The van der Waals surface area contributed by atoms with Gasteiger partial charge in [0.25, 0.3) is 17.5 Å². The van der Waals surface area contributed by atoms with Gasteiger partial charge in [-0.3, -0.25) is 19.7 Å². The molecule has 0 fully saturated rings. The van der Waals surface area contributed by atoms with Crippen LogP contribution in [0.1, 0.15) is 39.5 Å². The number of non-ortho nitro benzene ring substituents is 1. The molecular weight excluding hydrogens is 557 g/mol. The second-order valence-electron chi connectivity index (χ2n) is 9.38. The Labute approximate surface area is 239 Å². The molecule has 1 heterocycles. The molecule has 4 rings (SSSR count). The minimum atomic E-state index is -4.56. The van der Waals surface area contributed by atoms with E-state index in [0.717, 1.165) is 29.8 Å². The summed E-state index contributed by atoms with van der Waals surface area (Å²) in [5.74, 6) is -0.572. The fourth-order valence-electron chi connectivity index (χ4n) is 4.45. The largest absolute Gasteiger partial charge is 0.497 e. The molecule has 10 nitrogen and oxygen atoms in total. The number of methoxy groups -OCH3 is 2. The van der Waals surface area contributed by atoms with E-state index in [-0.39, 0.29) is 24.4 Å². The summed E-state index contributed by atoms with van der Waals surface area (Å²) in [6.07, 6.45) is -4.26. The Kier molecular flexibility index (Phi) is 9.21. The highest BCUT2D eigenvalue weighted by Gasteiger charge is 2.35. The van der Waals surface area contributed by atoms with Crippen molar-refractivity contribution in [1.82, 2.24) is 9.91 Å². The van der Waals surface area contributed by atoms with Gasteiger partial charge in [0, 0.05) is 37.8 Å². The highest BCUT2D eigenvalue weighted by molar-refractivity contribution is 6.04. The van der Waals surface area contributed by atoms with Crippen molar-refractivity contribution >= 4 is 23.2 Å². The van der Waals surface area contributed by atoms with Crippen LogP contribution in [-0.4, -0.2) is 66.3 Å². The Balaban J connectivity index is 1.62. The van der Waals surface area contributed by atoms with Crippen molar-refractivity contribution in [3.63, 3.8) is 0 Å². The van der Waals surface area contributed by atoms with Crippen molar-refractivity contribution in [2.75, 3.05) is 33.9 Å². The summed E-state index contributed by atoms with van der Waals surface area (Å²) in [6.45, 7) is -0.339. The summed E-state index contributed by atoms with van der Waals surface area (Å²) in [6, 6.07) is 16.0. The monoisotopic (exact) mass is 584 g/mol. The summed E-state index contributed by atoms with van der Waals surface area (Å²) in [7, 11) is 2.95. The zero-order chi connectivity index (χ0) is 30.4. The number of alkyl halides is 3. The Morgan fingerprint density at radius 1 is 1.02 bits per heavy atom. The maximum absolute atomic E-state index is 13.7. The van der Waals surface area contributed by atoms with Gasteiger partial charge in [-0.1, -0.05) is 12.1 Å². The van der Waals surface area contributed by atoms with Crippen LogP contribution in [-0.2, 0) is 15.7 Å². The molecule has 0 aliphatic carbocycles. The standard InChI is InChI=1S/C29H27F3N4O6/c1-41-16-15-34(28(38)21-3-9-22(10-4-21)29(30,31)32)18-27(37)35-26(20-7-13-24(42-2)14-8-20)17-25(33-35)19-5-11-23(12-6-19)36(39)40/h3-14,26H,15-18H2,1-2H3/t26-/m0/s1. The summed E-state index contributed by atoms with van der Waals surface area (Å²) in [4.78, 5) is 38.7. The number of halogens is 3. The molecule has 3 aromatic carbocycles. The molecule has 0 aromatic heterocycles. The third-order valence-electron chi connectivity index (χ3n) is 6.72. The summed E-state index contributed by atoms with van der Waals surface area (Å²) < 4.78 is 49.3. The van der Waals surface area contributed by atoms with Gasteiger partial charge in [-0.25, -0.2) is 5.01 Å². The molecular formula is C29H27F3N4O6. The Hall–Kier alpha value is -4.78. The van der Waals surface area contributed by atoms with Crippen LogP contribution in [0.15, 0.2) is 77.9 Å². The average Bonchev–Trinajstić information content (AvgIpc) is 3.44. The lowest BCUT2D eigenvalue weighted by molar-refractivity contribution is -0.384. The van der Waals surface area contributed by atoms with Crippen LogP contribution in [0.5, 0.6) is 5.75 Å². The number of hydrogen-bond acceptors (Lipinski definition) is 7. The lowest BCUT2D eigenvalue weighted by Crippen LogP contribution is -2.42. The molecule has 0 N–H and O–H groups in total. The van der Waals surface area contributed by atoms with Crippen molar-refractivity contribution in [3.8, 4) is 5.75 Å². The van der Waals surface area contributed by atoms with Crippen LogP contribution in [0, 0.1) is 10.1 Å². The number of hydrazone groups is 1. The quantitative estimate of drug-likeness (QED) is 0.242. The summed E-state index contributed by atoms with van der Waals surface area (Å²) in [5, 5.41) is 16.9. The lowest BCUT2D eigenvalue weighted by Gasteiger charge is -2.27.